The third kappa shape index (κ3) is 3.81. The number of hydrogen-bond acceptors (Lipinski definition) is 6. The van der Waals surface area contributed by atoms with Crippen molar-refractivity contribution >= 4 is 33.5 Å². The molecular weight excluding hydrogens is 320 g/mol. The molecule has 6 nitrogen and oxygen atoms in total. The van der Waals surface area contributed by atoms with Crippen molar-refractivity contribution in [3.63, 3.8) is 0 Å². The second-order valence-corrected chi connectivity index (χ2v) is 6.28. The summed E-state index contributed by atoms with van der Waals surface area (Å²) < 4.78 is 33.7. The summed E-state index contributed by atoms with van der Waals surface area (Å²) in [7, 11) is -3.28. The number of ketones is 1. The molecule has 0 heterocycles. The van der Waals surface area contributed by atoms with Gasteiger partial charge in [0.15, 0.2) is 5.78 Å². The molecule has 1 aromatic carbocycles. The number of esters is 1. The van der Waals surface area contributed by atoms with E-state index in [0.717, 1.165) is 14.0 Å². The van der Waals surface area contributed by atoms with E-state index < -0.39 is 27.5 Å². The van der Waals surface area contributed by atoms with Gasteiger partial charge in [0.1, 0.15) is 0 Å². The monoisotopic (exact) mass is 334 g/mol. The van der Waals surface area contributed by atoms with Crippen molar-refractivity contribution in [1.82, 2.24) is 0 Å². The summed E-state index contributed by atoms with van der Waals surface area (Å²) >= 11 is 5.68. The Bertz CT molecular complexity index is 619. The molecule has 0 aromatic heterocycles. The van der Waals surface area contributed by atoms with Crippen LogP contribution < -0.4 is 0 Å². The number of carbonyl (C=O) groups is 2. The van der Waals surface area contributed by atoms with Crippen molar-refractivity contribution in [3.8, 4) is 0 Å². The van der Waals surface area contributed by atoms with Gasteiger partial charge < -0.3 is 4.74 Å². The molecule has 0 saturated carbocycles. The van der Waals surface area contributed by atoms with E-state index in [-0.39, 0.29) is 11.3 Å². The van der Waals surface area contributed by atoms with Crippen LogP contribution in [0.25, 0.3) is 0 Å². The molecule has 0 amide bonds. The first-order valence-corrected chi connectivity index (χ1v) is 7.79. The van der Waals surface area contributed by atoms with E-state index in [2.05, 4.69) is 4.74 Å². The van der Waals surface area contributed by atoms with Crippen LogP contribution in [0.1, 0.15) is 20.3 Å². The Hall–Kier alpha value is -1.44. The maximum absolute atomic E-state index is 12.2. The van der Waals surface area contributed by atoms with Crippen LogP contribution in [0.5, 0.6) is 0 Å². The molecule has 0 unspecified atom stereocenters. The zero-order valence-electron chi connectivity index (χ0n) is 11.8. The van der Waals surface area contributed by atoms with Crippen LogP contribution in [0.15, 0.2) is 29.2 Å². The van der Waals surface area contributed by atoms with Crippen molar-refractivity contribution in [2.75, 3.05) is 7.11 Å². The van der Waals surface area contributed by atoms with Gasteiger partial charge in [-0.3, -0.25) is 4.79 Å². The lowest BCUT2D eigenvalue weighted by Crippen LogP contribution is -2.48. The van der Waals surface area contributed by atoms with E-state index in [9.17, 15) is 18.0 Å². The number of Topliss-reactive ketones (excluding diaryl/α,β-unsaturated/α-hetero) is 1. The molecule has 1 rings (SSSR count). The molecule has 0 aliphatic heterocycles. The SMILES string of the molecule is CCC(=O)[C@](C)(OS(=O)(=O)c1ccc(Cl)cc1)C(=O)OC. The molecule has 0 aliphatic carbocycles. The van der Waals surface area contributed by atoms with E-state index in [1.54, 1.807) is 0 Å². The fourth-order valence-corrected chi connectivity index (χ4v) is 2.89. The van der Waals surface area contributed by atoms with Gasteiger partial charge in [-0.1, -0.05) is 18.5 Å². The molecular formula is C13H15ClO6S. The smallest absolute Gasteiger partial charge is 0.347 e. The van der Waals surface area contributed by atoms with Crippen molar-refractivity contribution < 1.29 is 26.9 Å². The molecule has 0 N–H and O–H groups in total. The Morgan fingerprint density at radius 3 is 2.19 bits per heavy atom. The second kappa shape index (κ2) is 6.55. The minimum absolute atomic E-state index is 0.0816. The van der Waals surface area contributed by atoms with Crippen molar-refractivity contribution in [1.29, 1.82) is 0 Å². The van der Waals surface area contributed by atoms with E-state index in [0.29, 0.717) is 5.02 Å². The summed E-state index contributed by atoms with van der Waals surface area (Å²) in [6.45, 7) is 2.56. The molecule has 21 heavy (non-hydrogen) atoms. The Morgan fingerprint density at radius 1 is 1.24 bits per heavy atom. The highest BCUT2D eigenvalue weighted by Crippen LogP contribution is 2.24. The molecule has 8 heteroatoms. The summed E-state index contributed by atoms with van der Waals surface area (Å²) in [5.74, 6) is -1.78. The maximum atomic E-state index is 12.2. The Labute approximate surface area is 128 Å². The van der Waals surface area contributed by atoms with Crippen LogP contribution in [-0.4, -0.2) is 32.9 Å². The van der Waals surface area contributed by atoms with Crippen LogP contribution in [0, 0.1) is 0 Å². The van der Waals surface area contributed by atoms with Gasteiger partial charge in [0.05, 0.1) is 12.0 Å². The first-order valence-electron chi connectivity index (χ1n) is 6.00. The van der Waals surface area contributed by atoms with Gasteiger partial charge in [0.2, 0.25) is 5.60 Å². The topological polar surface area (TPSA) is 86.7 Å². The summed E-state index contributed by atoms with van der Waals surface area (Å²) in [5, 5.41) is 0.342. The quantitative estimate of drug-likeness (QED) is 0.449. The third-order valence-corrected chi connectivity index (χ3v) is 4.46. The highest BCUT2D eigenvalue weighted by molar-refractivity contribution is 7.86. The summed E-state index contributed by atoms with van der Waals surface area (Å²) in [4.78, 5) is 23.4. The number of hydrogen-bond donors (Lipinski definition) is 0. The van der Waals surface area contributed by atoms with Gasteiger partial charge in [-0.15, -0.1) is 0 Å². The first kappa shape index (κ1) is 17.6. The summed E-state index contributed by atoms with van der Waals surface area (Å²) in [6, 6.07) is 5.14. The predicted molar refractivity (Wildman–Crippen MR) is 75.4 cm³/mol. The second-order valence-electron chi connectivity index (χ2n) is 4.29. The summed E-state index contributed by atoms with van der Waals surface area (Å²) in [6.07, 6.45) is -0.0816. The van der Waals surface area contributed by atoms with Gasteiger partial charge in [-0.05, 0) is 31.2 Å². The molecule has 0 aliphatic rings. The first-order chi connectivity index (χ1) is 9.67. The Morgan fingerprint density at radius 2 is 1.76 bits per heavy atom. The van der Waals surface area contributed by atoms with Gasteiger partial charge >= 0.3 is 5.97 Å². The largest absolute Gasteiger partial charge is 0.467 e. The standard InChI is InChI=1S/C13H15ClO6S/c1-4-11(15)13(2,12(16)19-3)20-21(17,18)10-7-5-9(14)6-8-10/h5-8H,4H2,1-3H3/t13-/m0/s1. The molecule has 0 radical (unpaired) electrons. The van der Waals surface area contributed by atoms with Crippen LogP contribution in [0.2, 0.25) is 5.02 Å². The Balaban J connectivity index is 3.22. The minimum Gasteiger partial charge on any atom is -0.467 e. The minimum atomic E-state index is -4.33. The maximum Gasteiger partial charge on any atom is 0.347 e. The number of rotatable bonds is 6. The van der Waals surface area contributed by atoms with Crippen molar-refractivity contribution in [2.24, 2.45) is 0 Å². The zero-order chi connectivity index (χ0) is 16.3. The molecule has 0 spiro atoms. The average Bonchev–Trinajstić information content (AvgIpc) is 2.45. The van der Waals surface area contributed by atoms with Crippen LogP contribution >= 0.6 is 11.6 Å². The lowest BCUT2D eigenvalue weighted by molar-refractivity contribution is -0.162. The lowest BCUT2D eigenvalue weighted by Gasteiger charge is -2.24. The van der Waals surface area contributed by atoms with Gasteiger partial charge in [-0.25, -0.2) is 8.98 Å². The third-order valence-electron chi connectivity index (χ3n) is 2.81. The number of methoxy groups -OCH3 is 1. The molecule has 1 atom stereocenters. The van der Waals surface area contributed by atoms with E-state index in [1.165, 1.54) is 31.2 Å². The van der Waals surface area contributed by atoms with Gasteiger partial charge in [0.25, 0.3) is 10.1 Å². The number of halogens is 1. The average molecular weight is 335 g/mol. The molecule has 1 aromatic rings. The highest BCUT2D eigenvalue weighted by atomic mass is 35.5. The number of carbonyl (C=O) groups excluding carboxylic acids is 2. The van der Waals surface area contributed by atoms with Crippen LogP contribution in [-0.2, 0) is 28.6 Å². The van der Waals surface area contributed by atoms with E-state index >= 15 is 0 Å². The van der Waals surface area contributed by atoms with E-state index in [1.807, 2.05) is 0 Å². The van der Waals surface area contributed by atoms with Crippen molar-refractivity contribution in [2.45, 2.75) is 30.8 Å². The number of ether oxygens (including phenoxy) is 1. The predicted octanol–water partition coefficient (Wildman–Crippen LogP) is 1.96. The molecule has 0 saturated heterocycles. The van der Waals surface area contributed by atoms with Crippen molar-refractivity contribution in [3.05, 3.63) is 29.3 Å². The molecule has 116 valence electrons. The van der Waals surface area contributed by atoms with Crippen LogP contribution in [0.3, 0.4) is 0 Å². The fraction of sp³-hybridized carbons (Fsp3) is 0.385. The van der Waals surface area contributed by atoms with Gasteiger partial charge in [-0.2, -0.15) is 8.42 Å². The van der Waals surface area contributed by atoms with Crippen LogP contribution in [0.4, 0.5) is 0 Å². The highest BCUT2D eigenvalue weighted by Gasteiger charge is 2.46. The van der Waals surface area contributed by atoms with E-state index in [4.69, 9.17) is 15.8 Å². The molecule has 0 fully saturated rings. The molecule has 0 bridgehead atoms. The fourth-order valence-electron chi connectivity index (χ4n) is 1.60. The lowest BCUT2D eigenvalue weighted by atomic mass is 9.99. The Kier molecular flexibility index (Phi) is 5.49. The summed E-state index contributed by atoms with van der Waals surface area (Å²) in [5.41, 5.74) is -2.22. The zero-order valence-corrected chi connectivity index (χ0v) is 13.3. The number of benzene rings is 1. The normalized spacial score (nSPS) is 14.3. The van der Waals surface area contributed by atoms with Gasteiger partial charge in [0, 0.05) is 11.4 Å².